The van der Waals surface area contributed by atoms with E-state index in [1.165, 1.54) is 5.69 Å². The Morgan fingerprint density at radius 2 is 2.36 bits per heavy atom. The molecule has 2 rings (SSSR count). The van der Waals surface area contributed by atoms with E-state index in [4.69, 9.17) is 5.73 Å². The molecule has 2 N–H and O–H groups in total. The van der Waals surface area contributed by atoms with Crippen LogP contribution in [0.4, 0.5) is 0 Å². The maximum atomic E-state index is 5.52. The second kappa shape index (κ2) is 3.71. The van der Waals surface area contributed by atoms with Gasteiger partial charge in [-0.3, -0.25) is 0 Å². The fourth-order valence-corrected chi connectivity index (χ4v) is 1.89. The molecular formula is C10H12BrN3. The highest BCUT2D eigenvalue weighted by Crippen LogP contribution is 2.16. The van der Waals surface area contributed by atoms with Crippen LogP contribution in [0.3, 0.4) is 0 Å². The third kappa shape index (κ3) is 1.55. The molecule has 0 amide bonds. The van der Waals surface area contributed by atoms with Crippen LogP contribution >= 0.6 is 15.9 Å². The topological polar surface area (TPSA) is 43.3 Å². The van der Waals surface area contributed by atoms with Gasteiger partial charge in [0.1, 0.15) is 5.65 Å². The molecule has 0 saturated carbocycles. The zero-order valence-corrected chi connectivity index (χ0v) is 9.58. The summed E-state index contributed by atoms with van der Waals surface area (Å²) in [6, 6.07) is 4.01. The lowest BCUT2D eigenvalue weighted by molar-refractivity contribution is 0.920. The van der Waals surface area contributed by atoms with Gasteiger partial charge in [0.25, 0.3) is 0 Å². The van der Waals surface area contributed by atoms with E-state index in [9.17, 15) is 0 Å². The van der Waals surface area contributed by atoms with E-state index in [-0.39, 0.29) is 0 Å². The van der Waals surface area contributed by atoms with Gasteiger partial charge in [-0.05, 0) is 25.6 Å². The van der Waals surface area contributed by atoms with E-state index in [0.717, 1.165) is 22.2 Å². The molecule has 0 aliphatic rings. The summed E-state index contributed by atoms with van der Waals surface area (Å²) in [5.41, 5.74) is 8.76. The van der Waals surface area contributed by atoms with Crippen molar-refractivity contribution in [3.63, 3.8) is 0 Å². The molecule has 0 aromatic carbocycles. The summed E-state index contributed by atoms with van der Waals surface area (Å²) in [6.07, 6.45) is 2.85. The molecule has 0 aliphatic heterocycles. The van der Waals surface area contributed by atoms with Gasteiger partial charge in [0.05, 0.1) is 5.69 Å². The van der Waals surface area contributed by atoms with E-state index in [1.54, 1.807) is 0 Å². The van der Waals surface area contributed by atoms with Crippen molar-refractivity contribution in [2.24, 2.45) is 5.73 Å². The van der Waals surface area contributed by atoms with E-state index in [2.05, 4.69) is 32.2 Å². The molecule has 4 heteroatoms. The average molecular weight is 254 g/mol. The molecule has 0 unspecified atom stereocenters. The first-order valence-corrected chi connectivity index (χ1v) is 5.35. The van der Waals surface area contributed by atoms with Crippen molar-refractivity contribution in [2.45, 2.75) is 13.3 Å². The molecule has 0 bridgehead atoms. The number of pyridine rings is 1. The van der Waals surface area contributed by atoms with E-state index in [0.29, 0.717) is 6.54 Å². The number of hydrogen-bond acceptors (Lipinski definition) is 2. The Kier molecular flexibility index (Phi) is 2.56. The quantitative estimate of drug-likeness (QED) is 0.889. The van der Waals surface area contributed by atoms with E-state index < -0.39 is 0 Å². The van der Waals surface area contributed by atoms with Crippen molar-refractivity contribution < 1.29 is 0 Å². The largest absolute Gasteiger partial charge is 0.330 e. The molecular weight excluding hydrogens is 242 g/mol. The Hall–Kier alpha value is -0.870. The van der Waals surface area contributed by atoms with Gasteiger partial charge in [0.2, 0.25) is 0 Å². The minimum Gasteiger partial charge on any atom is -0.330 e. The van der Waals surface area contributed by atoms with Crippen molar-refractivity contribution in [3.05, 3.63) is 34.2 Å². The molecule has 2 heterocycles. The first-order valence-electron chi connectivity index (χ1n) is 4.55. The Morgan fingerprint density at radius 3 is 3.07 bits per heavy atom. The summed E-state index contributed by atoms with van der Waals surface area (Å²) in [6.45, 7) is 2.71. The predicted molar refractivity (Wildman–Crippen MR) is 60.4 cm³/mol. The van der Waals surface area contributed by atoms with Crippen LogP contribution in [0.15, 0.2) is 22.8 Å². The number of fused-ring (bicyclic) bond motifs is 1. The lowest BCUT2D eigenvalue weighted by atomic mass is 10.2. The Bertz CT molecular complexity index is 462. The lowest BCUT2D eigenvalue weighted by Crippen LogP contribution is -2.04. The van der Waals surface area contributed by atoms with Crippen LogP contribution in [0.5, 0.6) is 0 Å². The molecule has 0 fully saturated rings. The van der Waals surface area contributed by atoms with Crippen LogP contribution in [-0.4, -0.2) is 15.9 Å². The maximum Gasteiger partial charge on any atom is 0.138 e. The van der Waals surface area contributed by atoms with Crippen LogP contribution in [0.25, 0.3) is 5.65 Å². The van der Waals surface area contributed by atoms with Gasteiger partial charge in [-0.2, -0.15) is 0 Å². The summed E-state index contributed by atoms with van der Waals surface area (Å²) in [7, 11) is 0. The fourth-order valence-electron chi connectivity index (χ4n) is 1.56. The molecule has 0 saturated heterocycles. The highest BCUT2D eigenvalue weighted by Gasteiger charge is 2.06. The van der Waals surface area contributed by atoms with Crippen molar-refractivity contribution in [1.82, 2.24) is 9.38 Å². The van der Waals surface area contributed by atoms with Gasteiger partial charge in [-0.15, -0.1) is 0 Å². The Labute approximate surface area is 91.1 Å². The van der Waals surface area contributed by atoms with Crippen LogP contribution in [-0.2, 0) is 6.42 Å². The minimum atomic E-state index is 0.645. The average Bonchev–Trinajstić information content (AvgIpc) is 2.44. The molecule has 2 aromatic rings. The number of aryl methyl sites for hydroxylation is 1. The van der Waals surface area contributed by atoms with Crippen molar-refractivity contribution in [3.8, 4) is 0 Å². The molecule has 74 valence electrons. The van der Waals surface area contributed by atoms with Gasteiger partial charge in [-0.1, -0.05) is 15.9 Å². The van der Waals surface area contributed by atoms with Gasteiger partial charge >= 0.3 is 0 Å². The number of nitrogens with zero attached hydrogens (tertiary/aromatic N) is 2. The lowest BCUT2D eigenvalue weighted by Gasteiger charge is -1.96. The standard InChI is InChI=1S/C10H12BrN3/c1-7-9(2-4-12)13-10-6-8(11)3-5-14(7)10/h3,5-6H,2,4,12H2,1H3. The third-order valence-corrected chi connectivity index (χ3v) is 2.80. The number of halogens is 1. The zero-order chi connectivity index (χ0) is 10.1. The number of rotatable bonds is 2. The van der Waals surface area contributed by atoms with Crippen molar-refractivity contribution in [2.75, 3.05) is 6.54 Å². The summed E-state index contributed by atoms with van der Waals surface area (Å²) in [5.74, 6) is 0. The predicted octanol–water partition coefficient (Wildman–Crippen LogP) is 1.91. The zero-order valence-electron chi connectivity index (χ0n) is 8.00. The molecule has 14 heavy (non-hydrogen) atoms. The summed E-state index contributed by atoms with van der Waals surface area (Å²) in [5, 5.41) is 0. The van der Waals surface area contributed by atoms with E-state index in [1.807, 2.05) is 18.3 Å². The third-order valence-electron chi connectivity index (χ3n) is 2.31. The van der Waals surface area contributed by atoms with Crippen LogP contribution in [0.1, 0.15) is 11.4 Å². The number of nitrogens with two attached hydrogens (primary N) is 1. The summed E-state index contributed by atoms with van der Waals surface area (Å²) < 4.78 is 3.13. The van der Waals surface area contributed by atoms with E-state index >= 15 is 0 Å². The number of imidazole rings is 1. The maximum absolute atomic E-state index is 5.52. The van der Waals surface area contributed by atoms with Crippen LogP contribution in [0, 0.1) is 6.92 Å². The number of aromatic nitrogens is 2. The minimum absolute atomic E-state index is 0.645. The van der Waals surface area contributed by atoms with Crippen molar-refractivity contribution in [1.29, 1.82) is 0 Å². The second-order valence-electron chi connectivity index (χ2n) is 3.26. The summed E-state index contributed by atoms with van der Waals surface area (Å²) >= 11 is 3.43. The van der Waals surface area contributed by atoms with Crippen LogP contribution in [0.2, 0.25) is 0 Å². The molecule has 3 nitrogen and oxygen atoms in total. The van der Waals surface area contributed by atoms with Gasteiger partial charge in [-0.25, -0.2) is 4.98 Å². The SMILES string of the molecule is Cc1c(CCN)nc2cc(Br)ccn12. The van der Waals surface area contributed by atoms with Crippen LogP contribution < -0.4 is 5.73 Å². The van der Waals surface area contributed by atoms with Crippen molar-refractivity contribution >= 4 is 21.6 Å². The van der Waals surface area contributed by atoms with Gasteiger partial charge < -0.3 is 10.1 Å². The van der Waals surface area contributed by atoms with Gasteiger partial charge in [0, 0.05) is 22.8 Å². The Morgan fingerprint density at radius 1 is 1.57 bits per heavy atom. The monoisotopic (exact) mass is 253 g/mol. The van der Waals surface area contributed by atoms with Gasteiger partial charge in [0.15, 0.2) is 0 Å². The Balaban J connectivity index is 2.61. The summed E-state index contributed by atoms with van der Waals surface area (Å²) in [4.78, 5) is 4.52. The highest BCUT2D eigenvalue weighted by molar-refractivity contribution is 9.10. The molecule has 0 radical (unpaired) electrons. The smallest absolute Gasteiger partial charge is 0.138 e. The number of hydrogen-bond donors (Lipinski definition) is 1. The first kappa shape index (κ1) is 9.68. The first-order chi connectivity index (χ1) is 6.72. The molecule has 0 aliphatic carbocycles. The fraction of sp³-hybridized carbons (Fsp3) is 0.300. The second-order valence-corrected chi connectivity index (χ2v) is 4.17. The highest BCUT2D eigenvalue weighted by atomic mass is 79.9. The molecule has 0 spiro atoms. The molecule has 0 atom stereocenters. The molecule has 2 aromatic heterocycles. The normalized spacial score (nSPS) is 11.1.